The number of amides is 3. The number of likely N-dealkylation sites (N-methyl/N-ethyl adjacent to an activating group) is 1. The van der Waals surface area contributed by atoms with E-state index in [1.165, 1.54) is 22.0 Å². The number of sulfonamides is 1. The van der Waals surface area contributed by atoms with Crippen LogP contribution in [0, 0.1) is 5.92 Å². The van der Waals surface area contributed by atoms with Crippen LogP contribution in [0.2, 0.25) is 0 Å². The van der Waals surface area contributed by atoms with Crippen molar-refractivity contribution in [3.05, 3.63) is 78.8 Å². The Hall–Kier alpha value is -4.62. The van der Waals surface area contributed by atoms with Crippen LogP contribution in [0.1, 0.15) is 19.4 Å². The molecule has 13 heteroatoms. The highest BCUT2D eigenvalue weighted by Crippen LogP contribution is 2.30. The number of ether oxygens (including phenoxy) is 1. The van der Waals surface area contributed by atoms with Gasteiger partial charge in [0.25, 0.3) is 10.0 Å². The largest absolute Gasteiger partial charge is 0.488 e. The summed E-state index contributed by atoms with van der Waals surface area (Å²) in [5.74, 6) is -0.0629. The summed E-state index contributed by atoms with van der Waals surface area (Å²) in [7, 11) is -0.621. The summed E-state index contributed by atoms with van der Waals surface area (Å²) in [6, 6.07) is 17.5. The number of nitrogens with one attached hydrogen (secondary N) is 2. The smallest absolute Gasteiger partial charge is 0.321 e. The molecule has 2 heterocycles. The Bertz CT molecular complexity index is 1800. The fourth-order valence-electron chi connectivity index (χ4n) is 5.34. The molecule has 3 aromatic carbocycles. The second-order valence-electron chi connectivity index (χ2n) is 11.5. The number of hydrogen-bond acceptors (Lipinski definition) is 7. The number of fused-ring (bicyclic) bond motifs is 2. The van der Waals surface area contributed by atoms with Gasteiger partial charge in [-0.15, -0.1) is 0 Å². The number of anilines is 2. The van der Waals surface area contributed by atoms with E-state index >= 15 is 0 Å². The molecule has 1 aromatic heterocycles. The van der Waals surface area contributed by atoms with Gasteiger partial charge in [0.1, 0.15) is 11.9 Å². The number of aliphatic hydroxyl groups is 1. The maximum Gasteiger partial charge on any atom is 0.321 e. The summed E-state index contributed by atoms with van der Waals surface area (Å²) in [4.78, 5) is 34.0. The van der Waals surface area contributed by atoms with Crippen LogP contribution in [0.3, 0.4) is 0 Å². The standard InChI is InChI=1S/C32H38N6O6S/c1-21-16-38(22(2)19-39)31(40)15-24-14-25(35-45(42,43)30-18-36(3)20-33-30)12-13-28(24)44-29(21)17-37(4)32(41)34-27-11-7-9-23-8-5-6-10-26(23)27/h5-14,18,20-22,29,35,39H,15-17,19H2,1-4H3,(H,34,41)/t21-,22+,29+/m0/s1. The average Bonchev–Trinajstić information content (AvgIpc) is 3.48. The van der Waals surface area contributed by atoms with Gasteiger partial charge in [-0.05, 0) is 36.6 Å². The molecule has 0 radical (unpaired) electrons. The summed E-state index contributed by atoms with van der Waals surface area (Å²) < 4.78 is 36.4. The number of urea groups is 1. The third-order valence-corrected chi connectivity index (χ3v) is 9.22. The summed E-state index contributed by atoms with van der Waals surface area (Å²) >= 11 is 0. The molecule has 0 aliphatic carbocycles. The van der Waals surface area contributed by atoms with Crippen molar-refractivity contribution in [3.63, 3.8) is 0 Å². The Morgan fingerprint density at radius 2 is 1.93 bits per heavy atom. The first-order chi connectivity index (χ1) is 21.4. The number of rotatable bonds is 8. The molecule has 12 nitrogen and oxygen atoms in total. The average molecular weight is 635 g/mol. The third kappa shape index (κ3) is 7.21. The van der Waals surface area contributed by atoms with Gasteiger partial charge in [-0.2, -0.15) is 8.42 Å². The first kappa shape index (κ1) is 31.8. The number of aliphatic hydroxyl groups excluding tert-OH is 1. The Balaban J connectivity index is 1.41. The topological polar surface area (TPSA) is 146 Å². The van der Waals surface area contributed by atoms with E-state index in [4.69, 9.17) is 4.74 Å². The van der Waals surface area contributed by atoms with Crippen LogP contribution < -0.4 is 14.8 Å². The molecule has 238 valence electrons. The quantitative estimate of drug-likeness (QED) is 0.268. The minimum atomic E-state index is -3.97. The summed E-state index contributed by atoms with van der Waals surface area (Å²) in [5, 5.41) is 14.7. The highest BCUT2D eigenvalue weighted by atomic mass is 32.2. The number of imidazole rings is 1. The molecule has 0 unspecified atom stereocenters. The van der Waals surface area contributed by atoms with Gasteiger partial charge in [0, 0.05) is 49.4 Å². The van der Waals surface area contributed by atoms with E-state index in [0.29, 0.717) is 17.0 Å². The van der Waals surface area contributed by atoms with Crippen molar-refractivity contribution in [2.45, 2.75) is 37.4 Å². The number of hydrogen-bond donors (Lipinski definition) is 3. The first-order valence-electron chi connectivity index (χ1n) is 14.7. The normalized spacial score (nSPS) is 17.8. The van der Waals surface area contributed by atoms with Crippen molar-refractivity contribution in [2.24, 2.45) is 13.0 Å². The monoisotopic (exact) mass is 634 g/mol. The molecule has 5 rings (SSSR count). The van der Waals surface area contributed by atoms with Gasteiger partial charge >= 0.3 is 6.03 Å². The summed E-state index contributed by atoms with van der Waals surface area (Å²) in [6.07, 6.45) is 2.17. The van der Waals surface area contributed by atoms with Crippen LogP contribution in [0.25, 0.3) is 10.8 Å². The Labute approximate surface area is 262 Å². The third-order valence-electron chi connectivity index (χ3n) is 7.96. The minimum Gasteiger partial charge on any atom is -0.488 e. The zero-order chi connectivity index (χ0) is 32.3. The van der Waals surface area contributed by atoms with E-state index in [1.54, 1.807) is 44.1 Å². The van der Waals surface area contributed by atoms with Crippen molar-refractivity contribution in [3.8, 4) is 5.75 Å². The number of nitrogens with zero attached hydrogens (tertiary/aromatic N) is 4. The molecule has 3 N–H and O–H groups in total. The fourth-order valence-corrected chi connectivity index (χ4v) is 6.38. The predicted molar refractivity (Wildman–Crippen MR) is 172 cm³/mol. The molecule has 1 aliphatic rings. The second-order valence-corrected chi connectivity index (χ2v) is 13.2. The molecule has 3 amide bonds. The number of aromatic nitrogens is 2. The van der Waals surface area contributed by atoms with Crippen LogP contribution in [-0.4, -0.2) is 83.7 Å². The van der Waals surface area contributed by atoms with E-state index in [0.717, 1.165) is 10.8 Å². The SMILES string of the molecule is C[C@H](CO)N1C[C@H](C)[C@@H](CN(C)C(=O)Nc2cccc3ccccc23)Oc2ccc(NS(=O)(=O)c3cn(C)cn3)cc2CC1=O. The van der Waals surface area contributed by atoms with Crippen molar-refractivity contribution < 1.29 is 27.9 Å². The van der Waals surface area contributed by atoms with Crippen LogP contribution in [0.4, 0.5) is 16.2 Å². The number of carbonyl (C=O) groups excluding carboxylic acids is 2. The molecule has 4 aromatic rings. The zero-order valence-corrected chi connectivity index (χ0v) is 26.5. The lowest BCUT2D eigenvalue weighted by Gasteiger charge is -2.34. The Morgan fingerprint density at radius 3 is 2.67 bits per heavy atom. The van der Waals surface area contributed by atoms with Crippen molar-refractivity contribution >= 4 is 44.1 Å². The fraction of sp³-hybridized carbons (Fsp3) is 0.344. The minimum absolute atomic E-state index is 0.0737. The van der Waals surface area contributed by atoms with Crippen molar-refractivity contribution in [1.29, 1.82) is 0 Å². The van der Waals surface area contributed by atoms with E-state index in [9.17, 15) is 23.1 Å². The van der Waals surface area contributed by atoms with E-state index in [1.807, 2.05) is 49.4 Å². The summed E-state index contributed by atoms with van der Waals surface area (Å²) in [6.45, 7) is 3.96. The van der Waals surface area contributed by atoms with Crippen molar-refractivity contribution in [1.82, 2.24) is 19.4 Å². The van der Waals surface area contributed by atoms with Crippen LogP contribution in [-0.2, 0) is 28.3 Å². The van der Waals surface area contributed by atoms with Crippen molar-refractivity contribution in [2.75, 3.05) is 36.8 Å². The maximum absolute atomic E-state index is 13.5. The zero-order valence-electron chi connectivity index (χ0n) is 25.7. The first-order valence-corrected chi connectivity index (χ1v) is 16.1. The van der Waals surface area contributed by atoms with Gasteiger partial charge in [-0.25, -0.2) is 9.78 Å². The Morgan fingerprint density at radius 1 is 1.18 bits per heavy atom. The van der Waals surface area contributed by atoms with E-state index < -0.39 is 22.2 Å². The van der Waals surface area contributed by atoms with Gasteiger partial charge in [0.05, 0.1) is 37.6 Å². The second kappa shape index (κ2) is 13.2. The molecule has 45 heavy (non-hydrogen) atoms. The van der Waals surface area contributed by atoms with E-state index in [2.05, 4.69) is 15.0 Å². The lowest BCUT2D eigenvalue weighted by atomic mass is 10.0. The molecule has 1 aliphatic heterocycles. The molecule has 0 spiro atoms. The van der Waals surface area contributed by atoms with Crippen LogP contribution >= 0.6 is 0 Å². The highest BCUT2D eigenvalue weighted by Gasteiger charge is 2.32. The highest BCUT2D eigenvalue weighted by molar-refractivity contribution is 7.92. The maximum atomic E-state index is 13.5. The molecule has 0 saturated heterocycles. The number of carbonyl (C=O) groups is 2. The van der Waals surface area contributed by atoms with Gasteiger partial charge in [-0.1, -0.05) is 43.3 Å². The molecule has 0 bridgehead atoms. The van der Waals surface area contributed by atoms with Crippen LogP contribution in [0.5, 0.6) is 5.75 Å². The molecule has 0 fully saturated rings. The Kier molecular flexibility index (Phi) is 9.30. The number of aryl methyl sites for hydroxylation is 1. The van der Waals surface area contributed by atoms with Gasteiger partial charge in [0.15, 0.2) is 5.03 Å². The predicted octanol–water partition coefficient (Wildman–Crippen LogP) is 3.69. The van der Waals surface area contributed by atoms with Crippen LogP contribution in [0.15, 0.2) is 78.2 Å². The van der Waals surface area contributed by atoms with Gasteiger partial charge in [-0.3, -0.25) is 9.52 Å². The van der Waals surface area contributed by atoms with Gasteiger partial charge in [0.2, 0.25) is 5.91 Å². The number of benzene rings is 3. The molecular weight excluding hydrogens is 596 g/mol. The van der Waals surface area contributed by atoms with Gasteiger partial charge < -0.3 is 29.5 Å². The van der Waals surface area contributed by atoms with E-state index in [-0.39, 0.29) is 54.7 Å². The lowest BCUT2D eigenvalue weighted by Crippen LogP contribution is -2.48. The molecule has 0 saturated carbocycles. The molecule has 3 atom stereocenters. The summed E-state index contributed by atoms with van der Waals surface area (Å²) in [5.41, 5.74) is 1.40. The molecular formula is C32H38N6O6S. The lowest BCUT2D eigenvalue weighted by molar-refractivity contribution is -0.134.